The van der Waals surface area contributed by atoms with Crippen LogP contribution in [-0.2, 0) is 9.59 Å². The lowest BCUT2D eigenvalue weighted by Gasteiger charge is -2.34. The maximum Gasteiger partial charge on any atom is 0.211 e. The largest absolute Gasteiger partial charge is 0.395 e. The smallest absolute Gasteiger partial charge is 0.211 e. The van der Waals surface area contributed by atoms with Gasteiger partial charge in [-0.05, 0) is 11.6 Å². The molecule has 2 aromatic rings. The van der Waals surface area contributed by atoms with Gasteiger partial charge in [0.15, 0.2) is 11.6 Å². The number of β-amino-alcohol motifs (C(OH)–C–C–N with tert-alkyl or cyclic N) is 1. The first kappa shape index (κ1) is 25.4. The summed E-state index contributed by atoms with van der Waals surface area (Å²) < 4.78 is 1.01. The molecule has 1 aliphatic heterocycles. The number of allylic oxidation sites excluding steroid dienone is 1. The van der Waals surface area contributed by atoms with Gasteiger partial charge >= 0.3 is 0 Å². The van der Waals surface area contributed by atoms with Crippen LogP contribution in [0.4, 0.5) is 5.13 Å². The number of piperazine rings is 1. The van der Waals surface area contributed by atoms with Gasteiger partial charge in [-0.15, -0.1) is 0 Å². The van der Waals surface area contributed by atoms with E-state index < -0.39 is 0 Å². The molecule has 2 fully saturated rings. The van der Waals surface area contributed by atoms with Gasteiger partial charge in [0.1, 0.15) is 0 Å². The lowest BCUT2D eigenvalue weighted by molar-refractivity contribution is -0.124. The summed E-state index contributed by atoms with van der Waals surface area (Å²) in [7, 11) is 3.81. The predicted octanol–water partition coefficient (Wildman–Crippen LogP) is 1.62. The number of fused-ring (bicyclic) bond motifs is 1. The summed E-state index contributed by atoms with van der Waals surface area (Å²) in [6, 6.07) is 5.93. The Morgan fingerprint density at radius 2 is 1.83 bits per heavy atom. The van der Waals surface area contributed by atoms with Crippen LogP contribution in [0, 0.1) is 0 Å². The molecule has 0 bridgehead atoms. The van der Waals surface area contributed by atoms with Gasteiger partial charge in [-0.3, -0.25) is 19.4 Å². The van der Waals surface area contributed by atoms with Gasteiger partial charge in [0.25, 0.3) is 0 Å². The summed E-state index contributed by atoms with van der Waals surface area (Å²) in [4.78, 5) is 41.3. The number of hydrogen-bond donors (Lipinski definition) is 2. The Kier molecular flexibility index (Phi) is 8.61. The van der Waals surface area contributed by atoms with Gasteiger partial charge in [-0.2, -0.15) is 0 Å². The fourth-order valence-electron chi connectivity index (χ4n) is 4.56. The molecule has 4 rings (SSSR count). The van der Waals surface area contributed by atoms with Gasteiger partial charge in [0, 0.05) is 84.9 Å². The highest BCUT2D eigenvalue weighted by Gasteiger charge is 2.32. The fourth-order valence-corrected chi connectivity index (χ4v) is 5.40. The van der Waals surface area contributed by atoms with Gasteiger partial charge < -0.3 is 15.3 Å². The number of nitrogens with zero attached hydrogens (tertiary/aromatic N) is 5. The van der Waals surface area contributed by atoms with Crippen molar-refractivity contribution < 1.29 is 14.7 Å². The fraction of sp³-hybridized carbons (Fsp3) is 0.520. The monoisotopic (exact) mass is 498 g/mol. The number of thiazole rings is 1. The van der Waals surface area contributed by atoms with Crippen molar-refractivity contribution in [1.29, 1.82) is 0 Å². The minimum atomic E-state index is -0.168. The summed E-state index contributed by atoms with van der Waals surface area (Å²) in [5, 5.41) is 12.9. The molecule has 1 saturated carbocycles. The van der Waals surface area contributed by atoms with E-state index in [0.717, 1.165) is 55.0 Å². The number of aliphatic imine (C=N–C) groups is 1. The predicted molar refractivity (Wildman–Crippen MR) is 139 cm³/mol. The van der Waals surface area contributed by atoms with Crippen LogP contribution in [0.3, 0.4) is 0 Å². The number of ketones is 2. The van der Waals surface area contributed by atoms with E-state index >= 15 is 0 Å². The van der Waals surface area contributed by atoms with Gasteiger partial charge in [-0.1, -0.05) is 23.5 Å². The topological polar surface area (TPSA) is 101 Å². The number of carbonyl (C=O) groups excluding carboxylic acids is 2. The molecule has 0 radical (unpaired) electrons. The number of aliphatic hydroxyl groups is 1. The maximum atomic E-state index is 12.9. The van der Waals surface area contributed by atoms with Crippen LogP contribution >= 0.6 is 11.3 Å². The van der Waals surface area contributed by atoms with Crippen molar-refractivity contribution in [3.8, 4) is 0 Å². The third kappa shape index (κ3) is 6.52. The number of benzene rings is 1. The van der Waals surface area contributed by atoms with Crippen molar-refractivity contribution in [2.75, 3.05) is 66.5 Å². The summed E-state index contributed by atoms with van der Waals surface area (Å²) >= 11 is 1.50. The number of Topliss-reactive ketones (excluding diaryl/α,β-unsaturated/α-hetero) is 2. The molecule has 2 aliphatic rings. The first-order valence-electron chi connectivity index (χ1n) is 12.1. The van der Waals surface area contributed by atoms with E-state index in [1.807, 2.05) is 37.2 Å². The molecule has 1 aliphatic carbocycles. The minimum absolute atomic E-state index is 0.116. The van der Waals surface area contributed by atoms with E-state index in [4.69, 9.17) is 5.11 Å². The third-order valence-corrected chi connectivity index (χ3v) is 7.37. The van der Waals surface area contributed by atoms with Crippen LogP contribution in [0.2, 0.25) is 0 Å². The molecule has 35 heavy (non-hydrogen) atoms. The average molecular weight is 499 g/mol. The zero-order valence-electron chi connectivity index (χ0n) is 20.4. The van der Waals surface area contributed by atoms with Crippen molar-refractivity contribution in [1.82, 2.24) is 25.0 Å². The zero-order valence-corrected chi connectivity index (χ0v) is 21.3. The number of carbonyl (C=O) groups is 2. The van der Waals surface area contributed by atoms with E-state index in [1.54, 1.807) is 12.5 Å². The second kappa shape index (κ2) is 11.9. The molecule has 10 heteroatoms. The SMILES string of the molecule is CN(C)/C=N\c1nc2c(C3CC(=O)C(=CNCCN4CCN(CCO)CC4)C(=O)C3)cccc2s1. The van der Waals surface area contributed by atoms with E-state index in [0.29, 0.717) is 24.5 Å². The van der Waals surface area contributed by atoms with Crippen molar-refractivity contribution in [2.24, 2.45) is 4.99 Å². The first-order valence-corrected chi connectivity index (χ1v) is 12.9. The summed E-state index contributed by atoms with van der Waals surface area (Å²) in [6.45, 7) is 6.29. The van der Waals surface area contributed by atoms with Gasteiger partial charge in [0.05, 0.1) is 28.7 Å². The quantitative estimate of drug-likeness (QED) is 0.177. The Morgan fingerprint density at radius 3 is 2.49 bits per heavy atom. The molecule has 1 saturated heterocycles. The molecule has 0 atom stereocenters. The van der Waals surface area contributed by atoms with Crippen molar-refractivity contribution in [3.05, 3.63) is 35.5 Å². The van der Waals surface area contributed by atoms with Crippen LogP contribution in [-0.4, -0.2) is 109 Å². The molecule has 2 N–H and O–H groups in total. The van der Waals surface area contributed by atoms with E-state index in [-0.39, 0.29) is 29.7 Å². The molecule has 188 valence electrons. The number of aliphatic hydroxyl groups excluding tert-OH is 1. The number of rotatable bonds is 9. The number of nitrogens with one attached hydrogen (secondary N) is 1. The molecular formula is C25H34N6O3S. The van der Waals surface area contributed by atoms with E-state index in [9.17, 15) is 9.59 Å². The van der Waals surface area contributed by atoms with Crippen molar-refractivity contribution >= 4 is 44.6 Å². The molecule has 9 nitrogen and oxygen atoms in total. The lowest BCUT2D eigenvalue weighted by Crippen LogP contribution is -2.48. The number of para-hydroxylation sites is 1. The number of hydrogen-bond acceptors (Lipinski definition) is 9. The van der Waals surface area contributed by atoms with Crippen molar-refractivity contribution in [3.63, 3.8) is 0 Å². The highest BCUT2D eigenvalue weighted by molar-refractivity contribution is 7.22. The van der Waals surface area contributed by atoms with Crippen LogP contribution in [0.15, 0.2) is 35.0 Å². The normalized spacial score (nSPS) is 20.2. The van der Waals surface area contributed by atoms with E-state index in [2.05, 4.69) is 25.1 Å². The Labute approximate surface area is 210 Å². The molecular weight excluding hydrogens is 464 g/mol. The summed E-state index contributed by atoms with van der Waals surface area (Å²) in [5.41, 5.74) is 2.05. The highest BCUT2D eigenvalue weighted by atomic mass is 32.1. The van der Waals surface area contributed by atoms with Gasteiger partial charge in [-0.25, -0.2) is 9.98 Å². The Balaban J connectivity index is 1.34. The second-order valence-corrected chi connectivity index (χ2v) is 10.3. The molecule has 2 heterocycles. The summed E-state index contributed by atoms with van der Waals surface area (Å²) in [5.74, 6) is -0.400. The van der Waals surface area contributed by atoms with Crippen LogP contribution in [0.25, 0.3) is 10.2 Å². The zero-order chi connectivity index (χ0) is 24.8. The maximum absolute atomic E-state index is 12.9. The molecule has 0 spiro atoms. The summed E-state index contributed by atoms with van der Waals surface area (Å²) in [6.07, 6.45) is 3.94. The van der Waals surface area contributed by atoms with Crippen LogP contribution in [0.5, 0.6) is 0 Å². The Hall–Kier alpha value is -2.66. The second-order valence-electron chi connectivity index (χ2n) is 9.27. The van der Waals surface area contributed by atoms with Gasteiger partial charge in [0.2, 0.25) is 5.13 Å². The Morgan fingerprint density at radius 1 is 1.14 bits per heavy atom. The minimum Gasteiger partial charge on any atom is -0.395 e. The standard InChI is InChI=1S/C25H34N6O3S/c1-29(2)17-27-25-28-24-19(4-3-5-23(24)35-25)18-14-21(33)20(22(34)15-18)16-26-6-7-30-8-10-31(11-9-30)12-13-32/h3-5,16-18,26,32H,6-15H2,1-2H3/b20-16?,27-17-. The van der Waals surface area contributed by atoms with Crippen LogP contribution in [0.1, 0.15) is 24.3 Å². The number of aromatic nitrogens is 1. The third-order valence-electron chi connectivity index (χ3n) is 6.44. The molecule has 0 unspecified atom stereocenters. The molecule has 0 amide bonds. The van der Waals surface area contributed by atoms with Crippen molar-refractivity contribution in [2.45, 2.75) is 18.8 Å². The van der Waals surface area contributed by atoms with E-state index in [1.165, 1.54) is 11.3 Å². The average Bonchev–Trinajstić information content (AvgIpc) is 3.26. The Bertz CT molecular complexity index is 1080. The highest BCUT2D eigenvalue weighted by Crippen LogP contribution is 2.38. The molecule has 1 aromatic heterocycles. The first-order chi connectivity index (χ1) is 16.9. The van der Waals surface area contributed by atoms with Crippen LogP contribution < -0.4 is 5.32 Å². The molecule has 1 aromatic carbocycles. The lowest BCUT2D eigenvalue weighted by atomic mass is 9.80.